The number of aromatic amines is 1. The maximum absolute atomic E-state index is 11.2. The van der Waals surface area contributed by atoms with Crippen LogP contribution < -0.4 is 15.0 Å². The summed E-state index contributed by atoms with van der Waals surface area (Å²) in [6.07, 6.45) is 3.50. The molecule has 0 saturated carbocycles. The van der Waals surface area contributed by atoms with Crippen molar-refractivity contribution in [2.45, 2.75) is 25.3 Å². The first kappa shape index (κ1) is 19.2. The lowest BCUT2D eigenvalue weighted by atomic mass is 9.95. The third kappa shape index (κ3) is 4.32. The first-order valence-electron chi connectivity index (χ1n) is 9.62. The number of ether oxygens (including phenoxy) is 2. The van der Waals surface area contributed by atoms with Crippen LogP contribution in [0.4, 0.5) is 0 Å². The average molecular weight is 396 g/mol. The van der Waals surface area contributed by atoms with Gasteiger partial charge in [-0.1, -0.05) is 5.16 Å². The van der Waals surface area contributed by atoms with Crippen LogP contribution in [0.25, 0.3) is 11.5 Å². The largest absolute Gasteiger partial charge is 0.497 e. The third-order valence-corrected chi connectivity index (χ3v) is 5.31. The van der Waals surface area contributed by atoms with Crippen molar-refractivity contribution in [2.75, 3.05) is 27.3 Å². The predicted octanol–water partition coefficient (Wildman–Crippen LogP) is 2.82. The van der Waals surface area contributed by atoms with Crippen molar-refractivity contribution in [1.29, 1.82) is 0 Å². The van der Waals surface area contributed by atoms with Gasteiger partial charge in [0.25, 0.3) is 5.89 Å². The molecule has 1 N–H and O–H groups in total. The molecular formula is C21H24N4O4. The van der Waals surface area contributed by atoms with Gasteiger partial charge in [0, 0.05) is 30.3 Å². The van der Waals surface area contributed by atoms with Gasteiger partial charge in [0.1, 0.15) is 11.5 Å². The van der Waals surface area contributed by atoms with Gasteiger partial charge in [0.2, 0.25) is 5.56 Å². The molecule has 0 unspecified atom stereocenters. The van der Waals surface area contributed by atoms with E-state index in [9.17, 15) is 4.79 Å². The fourth-order valence-electron chi connectivity index (χ4n) is 3.66. The molecule has 4 rings (SSSR count). The van der Waals surface area contributed by atoms with Crippen molar-refractivity contribution in [3.8, 4) is 23.0 Å². The highest BCUT2D eigenvalue weighted by Crippen LogP contribution is 2.30. The zero-order valence-electron chi connectivity index (χ0n) is 16.6. The molecule has 1 aliphatic rings. The van der Waals surface area contributed by atoms with Crippen molar-refractivity contribution in [3.05, 3.63) is 58.3 Å². The lowest BCUT2D eigenvalue weighted by Gasteiger charge is -2.31. The van der Waals surface area contributed by atoms with Gasteiger partial charge in [-0.25, -0.2) is 0 Å². The zero-order valence-corrected chi connectivity index (χ0v) is 16.6. The molecule has 8 nitrogen and oxygen atoms in total. The Morgan fingerprint density at radius 2 is 2.00 bits per heavy atom. The molecule has 0 atom stereocenters. The third-order valence-electron chi connectivity index (χ3n) is 5.31. The van der Waals surface area contributed by atoms with Gasteiger partial charge >= 0.3 is 0 Å². The highest BCUT2D eigenvalue weighted by atomic mass is 16.5. The van der Waals surface area contributed by atoms with Gasteiger partial charge in [-0.2, -0.15) is 4.98 Å². The number of methoxy groups -OCH3 is 2. The van der Waals surface area contributed by atoms with Gasteiger partial charge in [-0.15, -0.1) is 0 Å². The molecule has 2 aromatic heterocycles. The molecule has 152 valence electrons. The minimum absolute atomic E-state index is 0.159. The maximum Gasteiger partial charge on any atom is 0.259 e. The van der Waals surface area contributed by atoms with Crippen LogP contribution in [0.5, 0.6) is 11.5 Å². The molecule has 1 saturated heterocycles. The normalized spacial score (nSPS) is 15.4. The number of hydrogen-bond donors (Lipinski definition) is 1. The summed E-state index contributed by atoms with van der Waals surface area (Å²) < 4.78 is 16.2. The monoisotopic (exact) mass is 396 g/mol. The van der Waals surface area contributed by atoms with E-state index >= 15 is 0 Å². The summed E-state index contributed by atoms with van der Waals surface area (Å²) >= 11 is 0. The molecule has 0 aliphatic carbocycles. The molecule has 3 heterocycles. The number of hydrogen-bond acceptors (Lipinski definition) is 7. The Kier molecular flexibility index (Phi) is 5.62. The predicted molar refractivity (Wildman–Crippen MR) is 107 cm³/mol. The summed E-state index contributed by atoms with van der Waals surface area (Å²) in [6.45, 7) is 2.68. The van der Waals surface area contributed by atoms with E-state index in [-0.39, 0.29) is 11.5 Å². The van der Waals surface area contributed by atoms with Crippen LogP contribution >= 0.6 is 0 Å². The molecule has 29 heavy (non-hydrogen) atoms. The Hall–Kier alpha value is -3.13. The smallest absolute Gasteiger partial charge is 0.259 e. The van der Waals surface area contributed by atoms with E-state index in [0.29, 0.717) is 11.5 Å². The lowest BCUT2D eigenvalue weighted by molar-refractivity contribution is 0.198. The summed E-state index contributed by atoms with van der Waals surface area (Å²) in [5.41, 5.74) is 1.67. The fraction of sp³-hybridized carbons (Fsp3) is 0.381. The standard InChI is InChI=1S/C21H24N4O4/c1-27-17-4-5-18(28-2)16(11-17)13-25-9-7-14(8-10-25)20-23-21(29-24-20)15-3-6-19(26)22-12-15/h3-6,11-12,14H,7-10,13H2,1-2H3,(H,22,26). The Morgan fingerprint density at radius 3 is 2.69 bits per heavy atom. The van der Waals surface area contributed by atoms with Gasteiger partial charge in [-0.3, -0.25) is 9.69 Å². The molecule has 0 amide bonds. The minimum Gasteiger partial charge on any atom is -0.497 e. The second-order valence-corrected chi connectivity index (χ2v) is 7.13. The maximum atomic E-state index is 11.2. The van der Waals surface area contributed by atoms with Crippen molar-refractivity contribution >= 4 is 0 Å². The number of piperidine rings is 1. The number of benzene rings is 1. The van der Waals surface area contributed by atoms with Crippen LogP contribution in [0, 0.1) is 0 Å². The van der Waals surface area contributed by atoms with Gasteiger partial charge < -0.3 is 19.0 Å². The molecule has 8 heteroatoms. The highest BCUT2D eigenvalue weighted by Gasteiger charge is 2.25. The Bertz CT molecular complexity index is 1000. The van der Waals surface area contributed by atoms with Crippen molar-refractivity contribution < 1.29 is 14.0 Å². The van der Waals surface area contributed by atoms with E-state index in [1.807, 2.05) is 18.2 Å². The van der Waals surface area contributed by atoms with Gasteiger partial charge in [0.15, 0.2) is 5.82 Å². The van der Waals surface area contributed by atoms with Gasteiger partial charge in [-0.05, 0) is 50.2 Å². The summed E-state index contributed by atoms with van der Waals surface area (Å²) in [5.74, 6) is 3.12. The number of nitrogens with zero attached hydrogens (tertiary/aromatic N) is 3. The fourth-order valence-corrected chi connectivity index (χ4v) is 3.66. The molecule has 1 aliphatic heterocycles. The number of pyridine rings is 1. The number of likely N-dealkylation sites (tertiary alicyclic amines) is 1. The second kappa shape index (κ2) is 8.48. The summed E-state index contributed by atoms with van der Waals surface area (Å²) in [4.78, 5) is 20.8. The number of H-pyrrole nitrogens is 1. The summed E-state index contributed by atoms with van der Waals surface area (Å²) in [7, 11) is 3.36. The van der Waals surface area contributed by atoms with E-state index in [1.54, 1.807) is 26.5 Å². The van der Waals surface area contributed by atoms with Crippen LogP contribution in [-0.4, -0.2) is 47.3 Å². The molecule has 1 fully saturated rings. The first-order chi connectivity index (χ1) is 14.2. The van der Waals surface area contributed by atoms with Crippen molar-refractivity contribution in [1.82, 2.24) is 20.0 Å². The Balaban J connectivity index is 1.39. The van der Waals surface area contributed by atoms with Gasteiger partial charge in [0.05, 0.1) is 19.8 Å². The molecule has 0 radical (unpaired) electrons. The topological polar surface area (TPSA) is 93.5 Å². The van der Waals surface area contributed by atoms with E-state index < -0.39 is 0 Å². The number of nitrogens with one attached hydrogen (secondary N) is 1. The first-order valence-corrected chi connectivity index (χ1v) is 9.62. The Labute approximate surface area is 168 Å². The molecule has 0 spiro atoms. The van der Waals surface area contributed by atoms with E-state index in [0.717, 1.165) is 55.4 Å². The molecule has 3 aromatic rings. The lowest BCUT2D eigenvalue weighted by Crippen LogP contribution is -2.32. The van der Waals surface area contributed by atoms with E-state index in [4.69, 9.17) is 14.0 Å². The highest BCUT2D eigenvalue weighted by molar-refractivity contribution is 5.50. The summed E-state index contributed by atoms with van der Waals surface area (Å²) in [5, 5.41) is 4.16. The molecular weight excluding hydrogens is 372 g/mol. The van der Waals surface area contributed by atoms with Crippen LogP contribution in [0.3, 0.4) is 0 Å². The quantitative estimate of drug-likeness (QED) is 0.685. The van der Waals surface area contributed by atoms with Crippen LogP contribution in [0.1, 0.15) is 30.1 Å². The van der Waals surface area contributed by atoms with E-state index in [2.05, 4.69) is 20.0 Å². The molecule has 1 aromatic carbocycles. The SMILES string of the molecule is COc1ccc(OC)c(CN2CCC(c3noc(-c4ccc(=O)[nH]c4)n3)CC2)c1. The minimum atomic E-state index is -0.159. The summed E-state index contributed by atoms with van der Waals surface area (Å²) in [6, 6.07) is 9.01. The molecule has 0 bridgehead atoms. The van der Waals surface area contributed by atoms with E-state index in [1.165, 1.54) is 6.07 Å². The number of aromatic nitrogens is 3. The zero-order chi connectivity index (χ0) is 20.2. The van der Waals surface area contributed by atoms with Crippen LogP contribution in [0.15, 0.2) is 45.8 Å². The van der Waals surface area contributed by atoms with Crippen molar-refractivity contribution in [3.63, 3.8) is 0 Å². The van der Waals surface area contributed by atoms with Crippen molar-refractivity contribution in [2.24, 2.45) is 0 Å². The second-order valence-electron chi connectivity index (χ2n) is 7.13. The average Bonchev–Trinajstić information content (AvgIpc) is 3.25. The van der Waals surface area contributed by atoms with Crippen LogP contribution in [-0.2, 0) is 6.54 Å². The number of rotatable bonds is 6. The van der Waals surface area contributed by atoms with Crippen LogP contribution in [0.2, 0.25) is 0 Å². The Morgan fingerprint density at radius 1 is 1.17 bits per heavy atom.